The topological polar surface area (TPSA) is 139 Å². The van der Waals surface area contributed by atoms with Gasteiger partial charge in [0.25, 0.3) is 5.22 Å². The van der Waals surface area contributed by atoms with Gasteiger partial charge in [-0.1, -0.05) is 158 Å². The Labute approximate surface area is 404 Å². The number of hydroxylamine groups is 1. The van der Waals surface area contributed by atoms with E-state index in [4.69, 9.17) is 33.0 Å². The highest BCUT2D eigenvalue weighted by Gasteiger charge is 2.51. The van der Waals surface area contributed by atoms with Gasteiger partial charge >= 0.3 is 7.12 Å². The number of nitrogens with zero attached hydrogens (tertiary/aromatic N) is 1. The van der Waals surface area contributed by atoms with Crippen LogP contribution in [-0.2, 0) is 52.8 Å². The number of rotatable bonds is 21. The van der Waals surface area contributed by atoms with Gasteiger partial charge in [-0.05, 0) is 68.3 Å². The zero-order chi connectivity index (χ0) is 47.5. The van der Waals surface area contributed by atoms with Gasteiger partial charge in [0.2, 0.25) is 5.91 Å². The summed E-state index contributed by atoms with van der Waals surface area (Å²) in [6.45, 7) is 8.35. The van der Waals surface area contributed by atoms with Gasteiger partial charge in [-0.2, -0.15) is 0 Å². The molecule has 1 amide bonds. The van der Waals surface area contributed by atoms with Crippen LogP contribution in [0.5, 0.6) is 0 Å². The van der Waals surface area contributed by atoms with E-state index >= 15 is 0 Å². The van der Waals surface area contributed by atoms with Crippen molar-refractivity contribution in [3.8, 4) is 22.6 Å². The second kappa shape index (κ2) is 22.8. The average Bonchev–Trinajstić information content (AvgIpc) is 3.89. The summed E-state index contributed by atoms with van der Waals surface area (Å²) in [5.41, 5.74) is 9.99. The van der Waals surface area contributed by atoms with Crippen LogP contribution in [0.2, 0.25) is 0 Å². The number of aliphatic hydroxyl groups is 1. The van der Waals surface area contributed by atoms with Crippen molar-refractivity contribution < 1.29 is 42.7 Å². The Morgan fingerprint density at radius 3 is 1.99 bits per heavy atom. The van der Waals surface area contributed by atoms with Crippen LogP contribution >= 0.6 is 11.8 Å². The molecule has 2 fully saturated rings. The number of aromatic nitrogens is 1. The molecule has 13 heteroatoms. The number of benzene rings is 5. The lowest BCUT2D eigenvalue weighted by Crippen LogP contribution is -2.41. The van der Waals surface area contributed by atoms with Crippen LogP contribution in [0.4, 0.5) is 0 Å². The fourth-order valence-electron chi connectivity index (χ4n) is 8.20. The summed E-state index contributed by atoms with van der Waals surface area (Å²) in [5.74, 6) is 1.33. The number of hydrogen-bond acceptors (Lipinski definition) is 11. The van der Waals surface area contributed by atoms with Gasteiger partial charge in [-0.15, -0.1) is 0 Å². The first-order chi connectivity index (χ1) is 32.9. The van der Waals surface area contributed by atoms with E-state index in [1.165, 1.54) is 11.8 Å². The minimum Gasteiger partial charge on any atom is -0.431 e. The van der Waals surface area contributed by atoms with Crippen molar-refractivity contribution in [2.24, 2.45) is 0 Å². The lowest BCUT2D eigenvalue weighted by Gasteiger charge is -2.36. The number of ether oxygens (including phenoxy) is 2. The van der Waals surface area contributed by atoms with Crippen LogP contribution in [0.1, 0.15) is 113 Å². The Morgan fingerprint density at radius 2 is 1.32 bits per heavy atom. The minimum absolute atomic E-state index is 0.0288. The first-order valence-electron chi connectivity index (χ1n) is 23.6. The zero-order valence-corrected chi connectivity index (χ0v) is 40.2. The van der Waals surface area contributed by atoms with E-state index in [0.29, 0.717) is 36.7 Å². The molecule has 0 spiro atoms. The number of oxazole rings is 1. The number of aliphatic hydroxyl groups excluding tert-OH is 1. The molecule has 0 saturated carbocycles. The van der Waals surface area contributed by atoms with Crippen molar-refractivity contribution in [3.05, 3.63) is 161 Å². The van der Waals surface area contributed by atoms with Crippen LogP contribution in [0.15, 0.2) is 143 Å². The van der Waals surface area contributed by atoms with Crippen molar-refractivity contribution in [3.63, 3.8) is 0 Å². The lowest BCUT2D eigenvalue weighted by atomic mass is 9.79. The van der Waals surface area contributed by atoms with E-state index in [2.05, 4.69) is 5.48 Å². The third-order valence-corrected chi connectivity index (χ3v) is 13.9. The Kier molecular flexibility index (Phi) is 16.5. The summed E-state index contributed by atoms with van der Waals surface area (Å²) in [6, 6.07) is 43.7. The van der Waals surface area contributed by atoms with Gasteiger partial charge in [0.1, 0.15) is 11.5 Å². The molecule has 5 aromatic carbocycles. The van der Waals surface area contributed by atoms with Crippen LogP contribution < -0.4 is 10.9 Å². The number of thioether (sulfide) groups is 1. The molecule has 1 aromatic heterocycles. The second-order valence-electron chi connectivity index (χ2n) is 18.6. The van der Waals surface area contributed by atoms with Gasteiger partial charge in [0, 0.05) is 48.1 Å². The second-order valence-corrected chi connectivity index (χ2v) is 19.5. The molecule has 2 N–H and O–H groups in total. The third kappa shape index (κ3) is 12.8. The largest absolute Gasteiger partial charge is 0.494 e. The molecule has 6 aromatic rings. The van der Waals surface area contributed by atoms with Crippen LogP contribution in [0, 0.1) is 0 Å². The SMILES string of the molecule is CC1(C)OB(c2ccc(CONC(=O)CCCCCCC(=O)Cc3ccc(C4O[C@@H](CSc5nc(-c6ccccc6)c(-c6ccccc6)o5)C[C@@H](c5ccc(CO)cc5)O4)cc3)cc2)OC1(C)C. The van der Waals surface area contributed by atoms with Crippen LogP contribution in [-0.4, -0.2) is 52.0 Å². The number of nitrogens with one attached hydrogen (secondary N) is 1. The molecule has 3 atom stereocenters. The number of unbranched alkanes of at least 4 members (excludes halogenated alkanes) is 3. The number of carbonyl (C=O) groups is 2. The highest BCUT2D eigenvalue weighted by molar-refractivity contribution is 7.99. The fourth-order valence-corrected chi connectivity index (χ4v) is 9.04. The molecule has 1 unspecified atom stereocenters. The maximum absolute atomic E-state index is 13.0. The van der Waals surface area contributed by atoms with Crippen molar-refractivity contribution in [2.75, 3.05) is 5.75 Å². The van der Waals surface area contributed by atoms with E-state index in [0.717, 1.165) is 81.5 Å². The summed E-state index contributed by atoms with van der Waals surface area (Å²) in [6.07, 6.45) is 3.95. The molecule has 2 aliphatic rings. The molecule has 68 heavy (non-hydrogen) atoms. The highest BCUT2D eigenvalue weighted by atomic mass is 32.2. The number of amides is 1. The van der Waals surface area contributed by atoms with Crippen LogP contribution in [0.25, 0.3) is 22.6 Å². The lowest BCUT2D eigenvalue weighted by molar-refractivity contribution is -0.245. The standard InChI is InChI=1S/C55H61BN2O9S/c1-54(2)55(3,4)67-56(66-54)45-31-25-40(26-32-45)36-62-58-49(61)20-14-6-5-13-19-46(60)33-38-21-29-44(30-22-38)52-63-47(34-48(64-52)41-27-23-39(35-59)24-28-41)37-68-53-57-50(42-15-9-7-10-16-42)51(65-53)43-17-11-8-12-18-43/h7-12,15-18,21-32,47-48,52,59H,5-6,13-14,19-20,33-37H2,1-4H3,(H,58,61)/t47-,48+,52?/m1/s1. The molecule has 0 bridgehead atoms. The van der Waals surface area contributed by atoms with Gasteiger partial charge in [-0.25, -0.2) is 10.5 Å². The van der Waals surface area contributed by atoms with Crippen molar-refractivity contribution in [1.29, 1.82) is 0 Å². The van der Waals surface area contributed by atoms with E-state index < -0.39 is 24.6 Å². The number of carbonyl (C=O) groups excluding carboxylic acids is 2. The first-order valence-corrected chi connectivity index (χ1v) is 24.6. The molecule has 3 heterocycles. The summed E-state index contributed by atoms with van der Waals surface area (Å²) in [7, 11) is -0.424. The molecule has 11 nitrogen and oxygen atoms in total. The maximum atomic E-state index is 13.0. The van der Waals surface area contributed by atoms with Gasteiger partial charge < -0.3 is 28.3 Å². The third-order valence-electron chi connectivity index (χ3n) is 12.9. The molecular formula is C55H61BN2O9S. The smallest absolute Gasteiger partial charge is 0.431 e. The Hall–Kier alpha value is -5.38. The van der Waals surface area contributed by atoms with Crippen molar-refractivity contribution >= 4 is 36.0 Å². The Morgan fingerprint density at radius 1 is 0.721 bits per heavy atom. The van der Waals surface area contributed by atoms with Crippen molar-refractivity contribution in [2.45, 2.75) is 127 Å². The predicted molar refractivity (Wildman–Crippen MR) is 264 cm³/mol. The molecule has 0 aliphatic carbocycles. The Balaban J connectivity index is 0.776. The fraction of sp³-hybridized carbons (Fsp3) is 0.364. The summed E-state index contributed by atoms with van der Waals surface area (Å²) >= 11 is 1.52. The van der Waals surface area contributed by atoms with Crippen LogP contribution in [0.3, 0.4) is 0 Å². The normalized spacial score (nSPS) is 18.7. The maximum Gasteiger partial charge on any atom is 0.494 e. The summed E-state index contributed by atoms with van der Waals surface area (Å²) in [5, 5.41) is 10.2. The van der Waals surface area contributed by atoms with E-state index in [-0.39, 0.29) is 37.1 Å². The van der Waals surface area contributed by atoms with E-state index in [9.17, 15) is 14.7 Å². The summed E-state index contributed by atoms with van der Waals surface area (Å²) in [4.78, 5) is 35.8. The minimum atomic E-state index is -0.633. The quantitative estimate of drug-likeness (QED) is 0.0309. The summed E-state index contributed by atoms with van der Waals surface area (Å²) < 4.78 is 31.9. The number of ketones is 1. The molecular weight excluding hydrogens is 875 g/mol. The van der Waals surface area contributed by atoms with Gasteiger partial charge in [-0.3, -0.25) is 14.4 Å². The molecule has 0 radical (unpaired) electrons. The predicted octanol–water partition coefficient (Wildman–Crippen LogP) is 10.8. The average molecular weight is 937 g/mol. The van der Waals surface area contributed by atoms with E-state index in [1.807, 2.05) is 161 Å². The van der Waals surface area contributed by atoms with Gasteiger partial charge in [0.05, 0.1) is 36.6 Å². The van der Waals surface area contributed by atoms with Gasteiger partial charge in [0.15, 0.2) is 12.1 Å². The molecule has 2 aliphatic heterocycles. The Bertz CT molecular complexity index is 2480. The monoisotopic (exact) mass is 936 g/mol. The molecule has 8 rings (SSSR count). The zero-order valence-electron chi connectivity index (χ0n) is 39.4. The first kappa shape index (κ1) is 49.1. The molecule has 2 saturated heterocycles. The number of Topliss-reactive ketones (excluding diaryl/α,β-unsaturated/α-hetero) is 1. The molecule has 354 valence electrons. The van der Waals surface area contributed by atoms with E-state index in [1.54, 1.807) is 0 Å². The highest BCUT2D eigenvalue weighted by Crippen LogP contribution is 2.41. The van der Waals surface area contributed by atoms with Crippen molar-refractivity contribution in [1.82, 2.24) is 10.5 Å². The number of hydrogen-bond donors (Lipinski definition) is 2.